The number of hydrogen-bond donors (Lipinski definition) is 1. The molecule has 1 N–H and O–H groups in total. The van der Waals surface area contributed by atoms with Gasteiger partial charge >= 0.3 is 0 Å². The number of ether oxygens (including phenoxy) is 2. The summed E-state index contributed by atoms with van der Waals surface area (Å²) in [5.41, 5.74) is 4.06. The van der Waals surface area contributed by atoms with Crippen LogP contribution in [0.3, 0.4) is 0 Å². The highest BCUT2D eigenvalue weighted by molar-refractivity contribution is 5.56. The van der Waals surface area contributed by atoms with Gasteiger partial charge in [0.25, 0.3) is 0 Å². The molecule has 1 heterocycles. The molecule has 3 rings (SSSR count). The van der Waals surface area contributed by atoms with Gasteiger partial charge in [-0.05, 0) is 51.1 Å². The largest absolute Gasteiger partial charge is 0.496 e. The lowest BCUT2D eigenvalue weighted by Gasteiger charge is -2.29. The number of piperidine rings is 1. The SMILES string of the molecule is COc1cc(C2CCCCN2)c(OC)c2c1CCCC2. The van der Waals surface area contributed by atoms with E-state index in [4.69, 9.17) is 9.47 Å². The van der Waals surface area contributed by atoms with E-state index in [-0.39, 0.29) is 0 Å². The Bertz CT molecular complexity index is 478. The maximum absolute atomic E-state index is 5.80. The first kappa shape index (κ1) is 13.7. The molecule has 1 atom stereocenters. The molecule has 110 valence electrons. The van der Waals surface area contributed by atoms with Gasteiger partial charge in [-0.1, -0.05) is 6.42 Å². The summed E-state index contributed by atoms with van der Waals surface area (Å²) >= 11 is 0. The average Bonchev–Trinajstić information content (AvgIpc) is 2.54. The van der Waals surface area contributed by atoms with E-state index in [1.165, 1.54) is 48.8 Å². The molecule has 0 amide bonds. The molecule has 20 heavy (non-hydrogen) atoms. The van der Waals surface area contributed by atoms with E-state index in [0.29, 0.717) is 6.04 Å². The highest BCUT2D eigenvalue weighted by Crippen LogP contribution is 2.42. The van der Waals surface area contributed by atoms with Crippen molar-refractivity contribution in [1.29, 1.82) is 0 Å². The van der Waals surface area contributed by atoms with Crippen LogP contribution in [0.25, 0.3) is 0 Å². The Labute approximate surface area is 121 Å². The fourth-order valence-corrected chi connectivity index (χ4v) is 3.70. The van der Waals surface area contributed by atoms with Gasteiger partial charge in [0.15, 0.2) is 0 Å². The van der Waals surface area contributed by atoms with E-state index in [1.54, 1.807) is 7.11 Å². The molecular weight excluding hydrogens is 250 g/mol. The van der Waals surface area contributed by atoms with Crippen molar-refractivity contribution in [2.45, 2.75) is 51.0 Å². The van der Waals surface area contributed by atoms with Crippen LogP contribution < -0.4 is 14.8 Å². The maximum Gasteiger partial charge on any atom is 0.127 e. The van der Waals surface area contributed by atoms with Crippen molar-refractivity contribution < 1.29 is 9.47 Å². The monoisotopic (exact) mass is 275 g/mol. The topological polar surface area (TPSA) is 30.5 Å². The number of rotatable bonds is 3. The van der Waals surface area contributed by atoms with Crippen molar-refractivity contribution >= 4 is 0 Å². The Balaban J connectivity index is 2.07. The Kier molecular flexibility index (Phi) is 4.16. The molecule has 0 saturated carbocycles. The smallest absolute Gasteiger partial charge is 0.127 e. The van der Waals surface area contributed by atoms with Crippen molar-refractivity contribution in [3.63, 3.8) is 0 Å². The van der Waals surface area contributed by atoms with E-state index in [9.17, 15) is 0 Å². The summed E-state index contributed by atoms with van der Waals surface area (Å²) in [5.74, 6) is 2.17. The van der Waals surface area contributed by atoms with Gasteiger partial charge in [0, 0.05) is 22.7 Å². The summed E-state index contributed by atoms with van der Waals surface area (Å²) in [7, 11) is 3.60. The second kappa shape index (κ2) is 6.04. The number of methoxy groups -OCH3 is 2. The van der Waals surface area contributed by atoms with E-state index in [1.807, 2.05) is 7.11 Å². The third-order valence-corrected chi connectivity index (χ3v) is 4.70. The van der Waals surface area contributed by atoms with Crippen LogP contribution in [0, 0.1) is 0 Å². The summed E-state index contributed by atoms with van der Waals surface area (Å²) in [4.78, 5) is 0. The van der Waals surface area contributed by atoms with Crippen LogP contribution in [-0.2, 0) is 12.8 Å². The molecule has 1 unspecified atom stereocenters. The van der Waals surface area contributed by atoms with Gasteiger partial charge in [-0.2, -0.15) is 0 Å². The number of fused-ring (bicyclic) bond motifs is 1. The number of hydrogen-bond acceptors (Lipinski definition) is 3. The Morgan fingerprint density at radius 1 is 1.00 bits per heavy atom. The lowest BCUT2D eigenvalue weighted by molar-refractivity contribution is 0.359. The zero-order chi connectivity index (χ0) is 13.9. The molecule has 1 aliphatic carbocycles. The normalized spacial score (nSPS) is 22.2. The molecule has 0 aromatic heterocycles. The summed E-state index contributed by atoms with van der Waals surface area (Å²) < 4.78 is 11.5. The van der Waals surface area contributed by atoms with Crippen LogP contribution >= 0.6 is 0 Å². The lowest BCUT2D eigenvalue weighted by atomic mass is 9.85. The highest BCUT2D eigenvalue weighted by atomic mass is 16.5. The summed E-state index contributed by atoms with van der Waals surface area (Å²) in [6.45, 7) is 1.10. The van der Waals surface area contributed by atoms with Crippen LogP contribution in [0.4, 0.5) is 0 Å². The molecule has 0 bridgehead atoms. The average molecular weight is 275 g/mol. The first-order valence-corrected chi connectivity index (χ1v) is 7.85. The molecule has 1 aromatic carbocycles. The molecule has 0 spiro atoms. The van der Waals surface area contributed by atoms with Gasteiger partial charge in [-0.25, -0.2) is 0 Å². The van der Waals surface area contributed by atoms with Crippen molar-refractivity contribution in [2.75, 3.05) is 20.8 Å². The van der Waals surface area contributed by atoms with Crippen LogP contribution in [0.5, 0.6) is 11.5 Å². The molecule has 3 heteroatoms. The minimum Gasteiger partial charge on any atom is -0.496 e. The molecule has 3 nitrogen and oxygen atoms in total. The van der Waals surface area contributed by atoms with Gasteiger partial charge in [0.1, 0.15) is 11.5 Å². The van der Waals surface area contributed by atoms with E-state index < -0.39 is 0 Å². The van der Waals surface area contributed by atoms with Gasteiger partial charge in [0.2, 0.25) is 0 Å². The van der Waals surface area contributed by atoms with Crippen molar-refractivity contribution in [1.82, 2.24) is 5.32 Å². The summed E-state index contributed by atoms with van der Waals surface area (Å²) in [5, 5.41) is 3.63. The molecular formula is C17H25NO2. The summed E-state index contributed by atoms with van der Waals surface area (Å²) in [6.07, 6.45) is 8.52. The van der Waals surface area contributed by atoms with Crippen LogP contribution in [0.15, 0.2) is 6.07 Å². The summed E-state index contributed by atoms with van der Waals surface area (Å²) in [6, 6.07) is 2.63. The third-order valence-electron chi connectivity index (χ3n) is 4.70. The molecule has 0 radical (unpaired) electrons. The maximum atomic E-state index is 5.80. The quantitative estimate of drug-likeness (QED) is 0.917. The van der Waals surface area contributed by atoms with Crippen LogP contribution in [0.1, 0.15) is 54.8 Å². The first-order valence-electron chi connectivity index (χ1n) is 7.85. The predicted molar refractivity (Wildman–Crippen MR) is 80.8 cm³/mol. The molecule has 1 aliphatic heterocycles. The second-order valence-corrected chi connectivity index (χ2v) is 5.87. The fourth-order valence-electron chi connectivity index (χ4n) is 3.70. The molecule has 2 aliphatic rings. The lowest BCUT2D eigenvalue weighted by Crippen LogP contribution is -2.27. The minimum absolute atomic E-state index is 0.417. The zero-order valence-electron chi connectivity index (χ0n) is 12.6. The van der Waals surface area contributed by atoms with Gasteiger partial charge in [-0.15, -0.1) is 0 Å². The first-order chi connectivity index (χ1) is 9.85. The van der Waals surface area contributed by atoms with Crippen molar-refractivity contribution in [2.24, 2.45) is 0 Å². The van der Waals surface area contributed by atoms with E-state index in [0.717, 1.165) is 30.9 Å². The van der Waals surface area contributed by atoms with Gasteiger partial charge in [-0.3, -0.25) is 0 Å². The highest BCUT2D eigenvalue weighted by Gasteiger charge is 2.26. The van der Waals surface area contributed by atoms with E-state index in [2.05, 4.69) is 11.4 Å². The van der Waals surface area contributed by atoms with Crippen LogP contribution in [-0.4, -0.2) is 20.8 Å². The molecule has 1 saturated heterocycles. The molecule has 1 fully saturated rings. The van der Waals surface area contributed by atoms with Crippen molar-refractivity contribution in [3.05, 3.63) is 22.8 Å². The second-order valence-electron chi connectivity index (χ2n) is 5.87. The third kappa shape index (κ3) is 2.39. The minimum atomic E-state index is 0.417. The Morgan fingerprint density at radius 3 is 2.45 bits per heavy atom. The fraction of sp³-hybridized carbons (Fsp3) is 0.647. The number of benzene rings is 1. The van der Waals surface area contributed by atoms with Gasteiger partial charge < -0.3 is 14.8 Å². The predicted octanol–water partition coefficient (Wildman–Crippen LogP) is 3.40. The standard InChI is InChI=1S/C17H25NO2/c1-19-16-11-14(15-9-5-6-10-18-15)17(20-2)13-8-4-3-7-12(13)16/h11,15,18H,3-10H2,1-2H3. The van der Waals surface area contributed by atoms with E-state index >= 15 is 0 Å². The molecule has 1 aromatic rings. The van der Waals surface area contributed by atoms with Crippen LogP contribution in [0.2, 0.25) is 0 Å². The zero-order valence-corrected chi connectivity index (χ0v) is 12.6. The van der Waals surface area contributed by atoms with Gasteiger partial charge in [0.05, 0.1) is 14.2 Å². The number of nitrogens with one attached hydrogen (secondary N) is 1. The Hall–Kier alpha value is -1.22. The van der Waals surface area contributed by atoms with Crippen molar-refractivity contribution in [3.8, 4) is 11.5 Å². The Morgan fingerprint density at radius 2 is 1.80 bits per heavy atom.